The number of nitrogens with zero attached hydrogens (tertiary/aromatic N) is 2. The molecule has 3 rings (SSSR count). The van der Waals surface area contributed by atoms with E-state index in [0.29, 0.717) is 6.04 Å². The normalized spacial score (nSPS) is 33.7. The Morgan fingerprint density at radius 1 is 1.50 bits per heavy atom. The minimum atomic E-state index is 0.590. The molecule has 2 fully saturated rings. The van der Waals surface area contributed by atoms with Crippen molar-refractivity contribution in [2.24, 2.45) is 18.9 Å². The third-order valence-corrected chi connectivity index (χ3v) is 4.02. The van der Waals surface area contributed by atoms with Crippen molar-refractivity contribution in [1.29, 1.82) is 0 Å². The van der Waals surface area contributed by atoms with Gasteiger partial charge in [-0.1, -0.05) is 18.6 Å². The van der Waals surface area contributed by atoms with Crippen LogP contribution in [-0.2, 0) is 7.05 Å². The van der Waals surface area contributed by atoms with Crippen LogP contribution in [0.3, 0.4) is 0 Å². The lowest BCUT2D eigenvalue weighted by molar-refractivity contribution is 0.456. The monoisotopic (exact) mass is 217 g/mol. The molecule has 1 aliphatic heterocycles. The van der Waals surface area contributed by atoms with Gasteiger partial charge in [0, 0.05) is 24.8 Å². The summed E-state index contributed by atoms with van der Waals surface area (Å²) in [4.78, 5) is 0. The highest BCUT2D eigenvalue weighted by atomic mass is 15.2. The van der Waals surface area contributed by atoms with Crippen LogP contribution in [0.5, 0.6) is 0 Å². The van der Waals surface area contributed by atoms with Gasteiger partial charge in [0.15, 0.2) is 0 Å². The number of aryl methyl sites for hydroxylation is 1. The van der Waals surface area contributed by atoms with Gasteiger partial charge < -0.3 is 5.32 Å². The molecular formula is C13H19N3. The fraction of sp³-hybridized carbons (Fsp3) is 0.615. The number of aromatic nitrogens is 2. The van der Waals surface area contributed by atoms with Crippen LogP contribution in [0.2, 0.25) is 0 Å². The highest BCUT2D eigenvalue weighted by Crippen LogP contribution is 2.38. The zero-order valence-corrected chi connectivity index (χ0v) is 9.76. The van der Waals surface area contributed by atoms with Crippen LogP contribution in [0.1, 0.15) is 24.8 Å². The number of nitrogens with one attached hydrogen (secondary N) is 1. The van der Waals surface area contributed by atoms with E-state index in [1.807, 2.05) is 17.9 Å². The number of rotatable bonds is 2. The van der Waals surface area contributed by atoms with Gasteiger partial charge in [0.25, 0.3) is 0 Å². The van der Waals surface area contributed by atoms with Crippen molar-refractivity contribution in [3.8, 4) is 0 Å². The van der Waals surface area contributed by atoms with E-state index in [4.69, 9.17) is 0 Å². The average Bonchev–Trinajstić information content (AvgIpc) is 2.91. The second kappa shape index (κ2) is 4.06. The maximum absolute atomic E-state index is 4.17. The quantitative estimate of drug-likeness (QED) is 0.819. The molecule has 2 aliphatic rings. The third kappa shape index (κ3) is 1.80. The average molecular weight is 217 g/mol. The highest BCUT2D eigenvalue weighted by molar-refractivity contribution is 5.47. The molecule has 0 bridgehead atoms. The van der Waals surface area contributed by atoms with Crippen LogP contribution in [0, 0.1) is 11.8 Å². The molecule has 1 saturated heterocycles. The van der Waals surface area contributed by atoms with Crippen LogP contribution >= 0.6 is 0 Å². The van der Waals surface area contributed by atoms with Crippen molar-refractivity contribution in [3.05, 3.63) is 24.0 Å². The van der Waals surface area contributed by atoms with E-state index in [1.165, 1.54) is 31.4 Å². The third-order valence-electron chi connectivity index (χ3n) is 4.02. The molecule has 1 aromatic heterocycles. The molecule has 0 spiro atoms. The maximum atomic E-state index is 4.17. The molecule has 1 N–H and O–H groups in total. The van der Waals surface area contributed by atoms with Gasteiger partial charge in [0.1, 0.15) is 0 Å². The molecule has 3 heteroatoms. The summed E-state index contributed by atoms with van der Waals surface area (Å²) < 4.78 is 1.85. The second-order valence-electron chi connectivity index (χ2n) is 5.10. The van der Waals surface area contributed by atoms with Gasteiger partial charge in [-0.3, -0.25) is 4.68 Å². The summed E-state index contributed by atoms with van der Waals surface area (Å²) in [7, 11) is 1.96. The van der Waals surface area contributed by atoms with Crippen LogP contribution in [-0.4, -0.2) is 22.4 Å². The highest BCUT2D eigenvalue weighted by Gasteiger charge is 2.37. The summed E-state index contributed by atoms with van der Waals surface area (Å²) in [5, 5.41) is 7.79. The van der Waals surface area contributed by atoms with Gasteiger partial charge in [-0.25, -0.2) is 0 Å². The summed E-state index contributed by atoms with van der Waals surface area (Å²) in [6.45, 7) is 1.21. The first kappa shape index (κ1) is 10.1. The van der Waals surface area contributed by atoms with Gasteiger partial charge in [0.2, 0.25) is 0 Å². The maximum Gasteiger partial charge on any atom is 0.0562 e. The summed E-state index contributed by atoms with van der Waals surface area (Å²) in [6, 6.07) is 0.590. The van der Waals surface area contributed by atoms with Gasteiger partial charge in [0.05, 0.1) is 6.20 Å². The molecule has 0 radical (unpaired) electrons. The van der Waals surface area contributed by atoms with E-state index in [-0.39, 0.29) is 0 Å². The molecule has 2 heterocycles. The van der Waals surface area contributed by atoms with Crippen LogP contribution in [0.15, 0.2) is 18.5 Å². The predicted octanol–water partition coefficient (Wildman–Crippen LogP) is 1.82. The lowest BCUT2D eigenvalue weighted by atomic mass is 9.94. The summed E-state index contributed by atoms with van der Waals surface area (Å²) in [5.74, 6) is 1.82. The van der Waals surface area contributed by atoms with E-state index < -0.39 is 0 Å². The number of hydrogen-bond donors (Lipinski definition) is 1. The van der Waals surface area contributed by atoms with Gasteiger partial charge in [-0.15, -0.1) is 0 Å². The fourth-order valence-corrected chi connectivity index (χ4v) is 3.18. The molecule has 16 heavy (non-hydrogen) atoms. The molecule has 3 unspecified atom stereocenters. The Morgan fingerprint density at radius 2 is 2.44 bits per heavy atom. The van der Waals surface area contributed by atoms with Crippen LogP contribution < -0.4 is 5.32 Å². The summed E-state index contributed by atoms with van der Waals surface area (Å²) in [5.41, 5.74) is 1.20. The van der Waals surface area contributed by atoms with Gasteiger partial charge >= 0.3 is 0 Å². The molecule has 1 saturated carbocycles. The van der Waals surface area contributed by atoms with Gasteiger partial charge in [-0.2, -0.15) is 5.10 Å². The van der Waals surface area contributed by atoms with Crippen LogP contribution in [0.25, 0.3) is 6.08 Å². The van der Waals surface area contributed by atoms with Crippen molar-refractivity contribution >= 4 is 6.08 Å². The Bertz CT molecular complexity index is 394. The van der Waals surface area contributed by atoms with Crippen LogP contribution in [0.4, 0.5) is 0 Å². The molecule has 3 atom stereocenters. The largest absolute Gasteiger partial charge is 0.310 e. The number of fused-ring (bicyclic) bond motifs is 1. The Morgan fingerprint density at radius 3 is 3.25 bits per heavy atom. The van der Waals surface area contributed by atoms with Crippen molar-refractivity contribution in [3.63, 3.8) is 0 Å². The zero-order chi connectivity index (χ0) is 11.0. The molecule has 1 aromatic rings. The fourth-order valence-electron chi connectivity index (χ4n) is 3.18. The minimum absolute atomic E-state index is 0.590. The molecule has 1 aliphatic carbocycles. The van der Waals surface area contributed by atoms with E-state index >= 15 is 0 Å². The standard InChI is InChI=1S/C13H19N3/c1-16-9-10(7-15-16)5-6-13-12-4-2-3-11(12)8-14-13/h5-7,9,11-14H,2-4,8H2,1H3/b6-5+. The Balaban J connectivity index is 1.68. The lowest BCUT2D eigenvalue weighted by Gasteiger charge is -2.13. The van der Waals surface area contributed by atoms with E-state index in [0.717, 1.165) is 11.8 Å². The molecular weight excluding hydrogens is 198 g/mol. The molecule has 86 valence electrons. The zero-order valence-electron chi connectivity index (χ0n) is 9.76. The first-order valence-electron chi connectivity index (χ1n) is 6.23. The minimum Gasteiger partial charge on any atom is -0.310 e. The molecule has 0 aromatic carbocycles. The van der Waals surface area contributed by atoms with E-state index in [9.17, 15) is 0 Å². The second-order valence-corrected chi connectivity index (χ2v) is 5.10. The van der Waals surface area contributed by atoms with Gasteiger partial charge in [-0.05, 0) is 31.2 Å². The predicted molar refractivity (Wildman–Crippen MR) is 64.9 cm³/mol. The molecule has 3 nitrogen and oxygen atoms in total. The van der Waals surface area contributed by atoms with Crippen molar-refractivity contribution in [2.75, 3.05) is 6.54 Å². The SMILES string of the molecule is Cn1cc(/C=C/C2NCC3CCCC32)cn1. The topological polar surface area (TPSA) is 29.9 Å². The van der Waals surface area contributed by atoms with E-state index in [1.54, 1.807) is 0 Å². The van der Waals surface area contributed by atoms with Crippen molar-refractivity contribution in [1.82, 2.24) is 15.1 Å². The first-order valence-corrected chi connectivity index (χ1v) is 6.23. The smallest absolute Gasteiger partial charge is 0.0562 e. The Kier molecular flexibility index (Phi) is 2.56. The Hall–Kier alpha value is -1.09. The molecule has 0 amide bonds. The van der Waals surface area contributed by atoms with E-state index in [2.05, 4.69) is 28.8 Å². The lowest BCUT2D eigenvalue weighted by Crippen LogP contribution is -2.23. The van der Waals surface area contributed by atoms with Crippen molar-refractivity contribution in [2.45, 2.75) is 25.3 Å². The number of hydrogen-bond acceptors (Lipinski definition) is 2. The Labute approximate surface area is 96.5 Å². The summed E-state index contributed by atoms with van der Waals surface area (Å²) in [6.07, 6.45) is 12.7. The summed E-state index contributed by atoms with van der Waals surface area (Å²) >= 11 is 0. The first-order chi connectivity index (χ1) is 7.83. The van der Waals surface area contributed by atoms with Crippen molar-refractivity contribution < 1.29 is 0 Å².